The highest BCUT2D eigenvalue weighted by Gasteiger charge is 2.25. The lowest BCUT2D eigenvalue weighted by Gasteiger charge is -2.20. The Bertz CT molecular complexity index is 477. The minimum absolute atomic E-state index is 0.160. The van der Waals surface area contributed by atoms with Crippen LogP contribution in [0.5, 0.6) is 0 Å². The molecule has 0 radical (unpaired) electrons. The minimum atomic E-state index is -0.532. The largest absolute Gasteiger partial charge is 0.468 e. The minimum Gasteiger partial charge on any atom is -0.468 e. The first-order valence-corrected chi connectivity index (χ1v) is 7.66. The van der Waals surface area contributed by atoms with E-state index in [-0.39, 0.29) is 12.1 Å². The second kappa shape index (κ2) is 7.41. The number of hydrogen-bond acceptors (Lipinski definition) is 4. The number of ether oxygens (including phenoxy) is 2. The first-order valence-electron chi connectivity index (χ1n) is 6.49. The molecule has 0 aromatic heterocycles. The van der Waals surface area contributed by atoms with E-state index in [1.54, 1.807) is 12.1 Å². The van der Waals surface area contributed by atoms with Gasteiger partial charge in [0.05, 0.1) is 13.2 Å². The maximum Gasteiger partial charge on any atom is 0.327 e. The smallest absolute Gasteiger partial charge is 0.327 e. The van der Waals surface area contributed by atoms with E-state index in [1.807, 2.05) is 6.07 Å². The zero-order valence-corrected chi connectivity index (χ0v) is 13.5. The van der Waals surface area contributed by atoms with Crippen LogP contribution in [0.2, 0.25) is 5.02 Å². The first kappa shape index (κ1) is 15.8. The molecule has 2 rings (SSSR count). The van der Waals surface area contributed by atoms with Gasteiger partial charge in [-0.15, -0.1) is 0 Å². The van der Waals surface area contributed by atoms with Gasteiger partial charge in [0.15, 0.2) is 0 Å². The molecule has 6 heteroatoms. The van der Waals surface area contributed by atoms with E-state index in [1.165, 1.54) is 7.11 Å². The van der Waals surface area contributed by atoms with E-state index in [0.29, 0.717) is 11.6 Å². The summed E-state index contributed by atoms with van der Waals surface area (Å²) in [6.07, 6.45) is 2.25. The molecule has 20 heavy (non-hydrogen) atoms. The van der Waals surface area contributed by atoms with Gasteiger partial charge in [-0.1, -0.05) is 33.6 Å². The van der Waals surface area contributed by atoms with Crippen LogP contribution in [-0.2, 0) is 14.3 Å². The molecule has 1 N–H and O–H groups in total. The van der Waals surface area contributed by atoms with Crippen molar-refractivity contribution in [1.29, 1.82) is 0 Å². The molecule has 0 saturated carbocycles. The van der Waals surface area contributed by atoms with Crippen molar-refractivity contribution in [1.82, 2.24) is 5.32 Å². The summed E-state index contributed by atoms with van der Waals surface area (Å²) >= 11 is 9.36. The lowest BCUT2D eigenvalue weighted by Crippen LogP contribution is -2.35. The van der Waals surface area contributed by atoms with Crippen LogP contribution in [-0.4, -0.2) is 32.3 Å². The molecule has 4 nitrogen and oxygen atoms in total. The predicted octanol–water partition coefficient (Wildman–Crippen LogP) is 3.09. The fourth-order valence-corrected chi connectivity index (χ4v) is 3.14. The number of rotatable bonds is 5. The summed E-state index contributed by atoms with van der Waals surface area (Å²) in [5.41, 5.74) is 0.805. The van der Waals surface area contributed by atoms with Crippen LogP contribution in [0.3, 0.4) is 0 Å². The van der Waals surface area contributed by atoms with Gasteiger partial charge in [-0.25, -0.2) is 4.79 Å². The van der Waals surface area contributed by atoms with Crippen molar-refractivity contribution < 1.29 is 14.3 Å². The Balaban J connectivity index is 2.11. The second-order valence-electron chi connectivity index (χ2n) is 4.67. The third-order valence-corrected chi connectivity index (χ3v) is 4.21. The first-order chi connectivity index (χ1) is 9.61. The second-order valence-corrected chi connectivity index (χ2v) is 5.96. The maximum absolute atomic E-state index is 12.0. The topological polar surface area (TPSA) is 47.6 Å². The van der Waals surface area contributed by atoms with Crippen LogP contribution in [0.4, 0.5) is 0 Å². The fraction of sp³-hybridized carbons (Fsp3) is 0.500. The van der Waals surface area contributed by atoms with E-state index in [2.05, 4.69) is 21.2 Å². The molecule has 2 atom stereocenters. The molecule has 1 aromatic rings. The Hall–Kier alpha value is -0.620. The normalized spacial score (nSPS) is 19.9. The average molecular weight is 363 g/mol. The van der Waals surface area contributed by atoms with Crippen molar-refractivity contribution in [3.05, 3.63) is 33.3 Å². The van der Waals surface area contributed by atoms with E-state index in [4.69, 9.17) is 21.1 Å². The van der Waals surface area contributed by atoms with Gasteiger partial charge >= 0.3 is 5.97 Å². The number of esters is 1. The van der Waals surface area contributed by atoms with Crippen molar-refractivity contribution in [2.45, 2.75) is 25.0 Å². The monoisotopic (exact) mass is 361 g/mol. The van der Waals surface area contributed by atoms with E-state index >= 15 is 0 Å². The van der Waals surface area contributed by atoms with Crippen molar-refractivity contribution >= 4 is 33.5 Å². The lowest BCUT2D eigenvalue weighted by molar-refractivity contribution is -0.143. The highest BCUT2D eigenvalue weighted by atomic mass is 79.9. The fourth-order valence-electron chi connectivity index (χ4n) is 2.23. The number of nitrogens with one attached hydrogen (secondary N) is 1. The summed E-state index contributed by atoms with van der Waals surface area (Å²) < 4.78 is 11.2. The number of halogens is 2. The molecule has 1 fully saturated rings. The molecule has 1 heterocycles. The third-order valence-electron chi connectivity index (χ3n) is 3.28. The van der Waals surface area contributed by atoms with Gasteiger partial charge in [-0.2, -0.15) is 0 Å². The summed E-state index contributed by atoms with van der Waals surface area (Å²) in [6.45, 7) is 1.41. The van der Waals surface area contributed by atoms with E-state index in [9.17, 15) is 4.79 Å². The average Bonchev–Trinajstić information content (AvgIpc) is 2.93. The number of benzene rings is 1. The SMILES string of the molecule is COC(=O)C(NCC1CCCO1)c1ccc(Cl)cc1Br. The molecule has 1 aromatic carbocycles. The Morgan fingerprint density at radius 3 is 3.05 bits per heavy atom. The van der Waals surface area contributed by atoms with Crippen LogP contribution in [0.25, 0.3) is 0 Å². The number of hydrogen-bond donors (Lipinski definition) is 1. The molecule has 0 spiro atoms. The number of carbonyl (C=O) groups is 1. The van der Waals surface area contributed by atoms with Gasteiger partial charge in [0.2, 0.25) is 0 Å². The predicted molar refractivity (Wildman–Crippen MR) is 80.9 cm³/mol. The van der Waals surface area contributed by atoms with Gasteiger partial charge in [-0.05, 0) is 30.5 Å². The zero-order chi connectivity index (χ0) is 14.5. The summed E-state index contributed by atoms with van der Waals surface area (Å²) in [5.74, 6) is -0.328. The van der Waals surface area contributed by atoms with Crippen molar-refractivity contribution in [2.75, 3.05) is 20.3 Å². The van der Waals surface area contributed by atoms with Crippen LogP contribution < -0.4 is 5.32 Å². The van der Waals surface area contributed by atoms with Crippen LogP contribution in [0.15, 0.2) is 22.7 Å². The molecule has 1 aliphatic heterocycles. The lowest BCUT2D eigenvalue weighted by atomic mass is 10.1. The molecular formula is C14H17BrClNO3. The quantitative estimate of drug-likeness (QED) is 0.818. The molecule has 1 saturated heterocycles. The van der Waals surface area contributed by atoms with Crippen molar-refractivity contribution in [3.8, 4) is 0 Å². The summed E-state index contributed by atoms with van der Waals surface area (Å²) in [4.78, 5) is 12.0. The van der Waals surface area contributed by atoms with Gasteiger partial charge in [0.1, 0.15) is 6.04 Å². The molecule has 110 valence electrons. The van der Waals surface area contributed by atoms with Crippen LogP contribution in [0, 0.1) is 0 Å². The van der Waals surface area contributed by atoms with E-state index in [0.717, 1.165) is 29.5 Å². The van der Waals surface area contributed by atoms with Gasteiger partial charge in [0, 0.05) is 22.6 Å². The van der Waals surface area contributed by atoms with Crippen LogP contribution >= 0.6 is 27.5 Å². The van der Waals surface area contributed by atoms with E-state index < -0.39 is 6.04 Å². The third kappa shape index (κ3) is 3.95. The Morgan fingerprint density at radius 1 is 1.65 bits per heavy atom. The van der Waals surface area contributed by atoms with Crippen molar-refractivity contribution in [3.63, 3.8) is 0 Å². The molecule has 0 amide bonds. The van der Waals surface area contributed by atoms with Gasteiger partial charge < -0.3 is 9.47 Å². The standard InChI is InChI=1S/C14H17BrClNO3/c1-19-14(18)13(17-8-10-3-2-6-20-10)11-5-4-9(16)7-12(11)15/h4-5,7,10,13,17H,2-3,6,8H2,1H3. The molecule has 0 bridgehead atoms. The summed E-state index contributed by atoms with van der Waals surface area (Å²) in [5, 5.41) is 3.83. The number of carbonyl (C=O) groups excluding carboxylic acids is 1. The number of methoxy groups -OCH3 is 1. The zero-order valence-electron chi connectivity index (χ0n) is 11.2. The molecule has 2 unspecified atom stereocenters. The van der Waals surface area contributed by atoms with Crippen molar-refractivity contribution in [2.24, 2.45) is 0 Å². The van der Waals surface area contributed by atoms with Gasteiger partial charge in [-0.3, -0.25) is 5.32 Å². The highest BCUT2D eigenvalue weighted by molar-refractivity contribution is 9.10. The highest BCUT2D eigenvalue weighted by Crippen LogP contribution is 2.27. The van der Waals surface area contributed by atoms with Gasteiger partial charge in [0.25, 0.3) is 0 Å². The Labute approximate surface area is 131 Å². The molecular weight excluding hydrogens is 346 g/mol. The molecule has 1 aliphatic rings. The maximum atomic E-state index is 12.0. The molecule has 0 aliphatic carbocycles. The Morgan fingerprint density at radius 2 is 2.45 bits per heavy atom. The summed E-state index contributed by atoms with van der Waals surface area (Å²) in [6, 6.07) is 4.80. The Kier molecular flexibility index (Phi) is 5.84. The summed E-state index contributed by atoms with van der Waals surface area (Å²) in [7, 11) is 1.38. The van der Waals surface area contributed by atoms with Crippen LogP contribution in [0.1, 0.15) is 24.4 Å².